The van der Waals surface area contributed by atoms with Crippen molar-refractivity contribution < 1.29 is 28.2 Å². The van der Waals surface area contributed by atoms with Crippen LogP contribution in [0.1, 0.15) is 15.9 Å². The smallest absolute Gasteiger partial charge is 0.311 e. The molecule has 2 atom stereocenters. The molecule has 0 saturated carbocycles. The number of benzene rings is 1. The molecule has 1 fully saturated rings. The molecular formula is C14H15F2NO4. The first-order valence-electron chi connectivity index (χ1n) is 6.37. The van der Waals surface area contributed by atoms with Crippen LogP contribution in [0.2, 0.25) is 0 Å². The van der Waals surface area contributed by atoms with E-state index in [4.69, 9.17) is 9.84 Å². The van der Waals surface area contributed by atoms with Gasteiger partial charge in [0.05, 0.1) is 19.3 Å². The third-order valence-electron chi connectivity index (χ3n) is 3.68. The molecule has 21 heavy (non-hydrogen) atoms. The highest BCUT2D eigenvalue weighted by molar-refractivity contribution is 5.95. The zero-order valence-corrected chi connectivity index (χ0v) is 11.6. The normalized spacial score (nSPS) is 21.3. The van der Waals surface area contributed by atoms with Gasteiger partial charge in [0.2, 0.25) is 0 Å². The Bertz CT molecular complexity index is 591. The Hall–Kier alpha value is -2.02. The predicted octanol–water partition coefficient (Wildman–Crippen LogP) is 1.44. The SMILES string of the molecule is Cc1ccc(F)c(C(=O)N(C)C2COCC2C(=O)O)c1F. The van der Waals surface area contributed by atoms with Gasteiger partial charge in [0.1, 0.15) is 23.1 Å². The van der Waals surface area contributed by atoms with Gasteiger partial charge in [-0.15, -0.1) is 0 Å². The van der Waals surface area contributed by atoms with E-state index in [-0.39, 0.29) is 18.8 Å². The van der Waals surface area contributed by atoms with Gasteiger partial charge in [0, 0.05) is 7.05 Å². The number of ether oxygens (including phenoxy) is 1. The second-order valence-corrected chi connectivity index (χ2v) is 5.02. The minimum atomic E-state index is -1.11. The standard InChI is InChI=1S/C14H15F2NO4/c1-7-3-4-9(15)11(12(7)16)13(18)17(2)10-6-21-5-8(10)14(19)20/h3-4,8,10H,5-6H2,1-2H3,(H,19,20). The summed E-state index contributed by atoms with van der Waals surface area (Å²) in [5, 5.41) is 9.07. The van der Waals surface area contributed by atoms with Crippen molar-refractivity contribution in [3.05, 3.63) is 34.9 Å². The second-order valence-electron chi connectivity index (χ2n) is 5.02. The number of carbonyl (C=O) groups excluding carboxylic acids is 1. The number of carboxylic acid groups (broad SMARTS) is 1. The molecule has 0 aromatic heterocycles. The van der Waals surface area contributed by atoms with Gasteiger partial charge < -0.3 is 14.7 Å². The fraction of sp³-hybridized carbons (Fsp3) is 0.429. The monoisotopic (exact) mass is 299 g/mol. The molecule has 5 nitrogen and oxygen atoms in total. The van der Waals surface area contributed by atoms with E-state index in [9.17, 15) is 18.4 Å². The van der Waals surface area contributed by atoms with E-state index >= 15 is 0 Å². The molecule has 1 aliphatic heterocycles. The number of carbonyl (C=O) groups is 2. The number of likely N-dealkylation sites (N-methyl/N-ethyl adjacent to an activating group) is 1. The first-order valence-corrected chi connectivity index (χ1v) is 6.37. The van der Waals surface area contributed by atoms with Crippen LogP contribution in [0.3, 0.4) is 0 Å². The molecule has 0 radical (unpaired) electrons. The lowest BCUT2D eigenvalue weighted by atomic mass is 10.0. The molecule has 2 unspecified atom stereocenters. The zero-order chi connectivity index (χ0) is 15.7. The molecule has 0 spiro atoms. The Labute approximate surface area is 120 Å². The van der Waals surface area contributed by atoms with Crippen molar-refractivity contribution in [2.24, 2.45) is 5.92 Å². The van der Waals surface area contributed by atoms with Crippen LogP contribution in [-0.4, -0.2) is 48.2 Å². The molecule has 1 aromatic carbocycles. The summed E-state index contributed by atoms with van der Waals surface area (Å²) in [4.78, 5) is 24.4. The lowest BCUT2D eigenvalue weighted by Crippen LogP contribution is -2.44. The molecule has 0 bridgehead atoms. The van der Waals surface area contributed by atoms with Gasteiger partial charge >= 0.3 is 5.97 Å². The molecular weight excluding hydrogens is 284 g/mol. The topological polar surface area (TPSA) is 66.8 Å². The number of carboxylic acids is 1. The maximum atomic E-state index is 14.0. The predicted molar refractivity (Wildman–Crippen MR) is 68.9 cm³/mol. The number of hydrogen-bond donors (Lipinski definition) is 1. The maximum absolute atomic E-state index is 14.0. The summed E-state index contributed by atoms with van der Waals surface area (Å²) in [6.45, 7) is 1.41. The van der Waals surface area contributed by atoms with Crippen molar-refractivity contribution >= 4 is 11.9 Å². The van der Waals surface area contributed by atoms with Crippen LogP contribution >= 0.6 is 0 Å². The number of amides is 1. The Balaban J connectivity index is 2.32. The minimum Gasteiger partial charge on any atom is -0.481 e. The highest BCUT2D eigenvalue weighted by atomic mass is 19.1. The summed E-state index contributed by atoms with van der Waals surface area (Å²) >= 11 is 0. The van der Waals surface area contributed by atoms with Crippen LogP contribution in [-0.2, 0) is 9.53 Å². The van der Waals surface area contributed by atoms with Gasteiger partial charge in [-0.2, -0.15) is 0 Å². The van der Waals surface area contributed by atoms with Crippen molar-refractivity contribution in [1.82, 2.24) is 4.90 Å². The largest absolute Gasteiger partial charge is 0.481 e. The van der Waals surface area contributed by atoms with Crippen molar-refractivity contribution in [2.45, 2.75) is 13.0 Å². The number of halogens is 2. The number of rotatable bonds is 3. The summed E-state index contributed by atoms with van der Waals surface area (Å²) in [5.41, 5.74) is -0.529. The molecule has 1 amide bonds. The average molecular weight is 299 g/mol. The van der Waals surface area contributed by atoms with Gasteiger partial charge in [-0.3, -0.25) is 9.59 Å². The van der Waals surface area contributed by atoms with Gasteiger partial charge in [0.15, 0.2) is 0 Å². The van der Waals surface area contributed by atoms with E-state index in [2.05, 4.69) is 0 Å². The van der Waals surface area contributed by atoms with E-state index in [1.54, 1.807) is 0 Å². The fourth-order valence-electron chi connectivity index (χ4n) is 2.34. The second kappa shape index (κ2) is 5.77. The van der Waals surface area contributed by atoms with Crippen LogP contribution in [0, 0.1) is 24.5 Å². The fourth-order valence-corrected chi connectivity index (χ4v) is 2.34. The Morgan fingerprint density at radius 1 is 1.33 bits per heavy atom. The quantitative estimate of drug-likeness (QED) is 0.917. The van der Waals surface area contributed by atoms with E-state index < -0.39 is 41.0 Å². The molecule has 1 aromatic rings. The van der Waals surface area contributed by atoms with E-state index in [0.29, 0.717) is 0 Å². The van der Waals surface area contributed by atoms with Gasteiger partial charge in [-0.25, -0.2) is 8.78 Å². The van der Waals surface area contributed by atoms with E-state index in [1.807, 2.05) is 0 Å². The molecule has 114 valence electrons. The summed E-state index contributed by atoms with van der Waals surface area (Å²) in [6, 6.07) is 1.49. The van der Waals surface area contributed by atoms with Gasteiger partial charge in [0.25, 0.3) is 5.91 Å². The van der Waals surface area contributed by atoms with Crippen molar-refractivity contribution in [2.75, 3.05) is 20.3 Å². The van der Waals surface area contributed by atoms with Crippen LogP contribution in [0.4, 0.5) is 8.78 Å². The first-order chi connectivity index (χ1) is 9.84. The lowest BCUT2D eigenvalue weighted by Gasteiger charge is -2.26. The molecule has 1 heterocycles. The summed E-state index contributed by atoms with van der Waals surface area (Å²) in [7, 11) is 1.32. The highest BCUT2D eigenvalue weighted by Gasteiger charge is 2.39. The Morgan fingerprint density at radius 2 is 2.00 bits per heavy atom. The van der Waals surface area contributed by atoms with Crippen molar-refractivity contribution in [3.63, 3.8) is 0 Å². The summed E-state index contributed by atoms with van der Waals surface area (Å²) in [6.07, 6.45) is 0. The number of nitrogens with zero attached hydrogens (tertiary/aromatic N) is 1. The minimum absolute atomic E-state index is 0.0221. The molecule has 7 heteroatoms. The lowest BCUT2D eigenvalue weighted by molar-refractivity contribution is -0.142. The number of aryl methyl sites for hydroxylation is 1. The van der Waals surface area contributed by atoms with Crippen molar-refractivity contribution in [1.29, 1.82) is 0 Å². The number of aliphatic carboxylic acids is 1. The molecule has 0 aliphatic carbocycles. The highest BCUT2D eigenvalue weighted by Crippen LogP contribution is 2.23. The van der Waals surface area contributed by atoms with Gasteiger partial charge in [-0.05, 0) is 18.6 Å². The van der Waals surface area contributed by atoms with Gasteiger partial charge in [-0.1, -0.05) is 6.07 Å². The number of hydrogen-bond acceptors (Lipinski definition) is 3. The third-order valence-corrected chi connectivity index (χ3v) is 3.68. The third kappa shape index (κ3) is 2.73. The summed E-state index contributed by atoms with van der Waals surface area (Å²) in [5.74, 6) is -4.81. The zero-order valence-electron chi connectivity index (χ0n) is 11.6. The van der Waals surface area contributed by atoms with Crippen LogP contribution in [0.25, 0.3) is 0 Å². The van der Waals surface area contributed by atoms with E-state index in [1.165, 1.54) is 20.0 Å². The molecule has 2 rings (SSSR count). The van der Waals surface area contributed by atoms with Crippen LogP contribution in [0.15, 0.2) is 12.1 Å². The average Bonchev–Trinajstić information content (AvgIpc) is 2.92. The summed E-state index contributed by atoms with van der Waals surface area (Å²) < 4.78 is 32.8. The molecule has 1 N–H and O–H groups in total. The van der Waals surface area contributed by atoms with E-state index in [0.717, 1.165) is 11.0 Å². The van der Waals surface area contributed by atoms with Crippen LogP contribution in [0.5, 0.6) is 0 Å². The van der Waals surface area contributed by atoms with Crippen molar-refractivity contribution in [3.8, 4) is 0 Å². The Morgan fingerprint density at radius 3 is 2.62 bits per heavy atom. The Kier molecular flexibility index (Phi) is 4.22. The molecule has 1 saturated heterocycles. The van der Waals surface area contributed by atoms with Crippen LogP contribution < -0.4 is 0 Å². The molecule has 1 aliphatic rings. The maximum Gasteiger partial charge on any atom is 0.311 e. The first kappa shape index (κ1) is 15.4.